The molecule has 1 atom stereocenters. The Bertz CT molecular complexity index is 1250. The largest absolute Gasteiger partial charge is 0.350 e. The molecule has 3 aromatic heterocycles. The summed E-state index contributed by atoms with van der Waals surface area (Å²) in [5.41, 5.74) is 3.27. The van der Waals surface area contributed by atoms with Gasteiger partial charge < -0.3 is 20.2 Å². The highest BCUT2D eigenvalue weighted by molar-refractivity contribution is 5.95. The topological polar surface area (TPSA) is 109 Å². The van der Waals surface area contributed by atoms with E-state index in [-0.39, 0.29) is 29.8 Å². The zero-order chi connectivity index (χ0) is 22.2. The van der Waals surface area contributed by atoms with Crippen molar-refractivity contribution in [3.05, 3.63) is 57.8 Å². The first-order chi connectivity index (χ1) is 15.5. The number of rotatable bonds is 6. The molecule has 3 aromatic rings. The number of aryl methyl sites for hydroxylation is 1. The van der Waals surface area contributed by atoms with E-state index in [0.29, 0.717) is 24.6 Å². The number of carbonyl (C=O) groups is 2. The number of hydrogen-bond donors (Lipinski definition) is 3. The zero-order valence-electron chi connectivity index (χ0n) is 18.1. The lowest BCUT2D eigenvalue weighted by Gasteiger charge is -2.32. The number of pyridine rings is 2. The number of hydrogen-bond acceptors (Lipinski definition) is 4. The predicted molar refractivity (Wildman–Crippen MR) is 121 cm³/mol. The molecule has 1 aliphatic carbocycles. The van der Waals surface area contributed by atoms with Crippen LogP contribution in [0.15, 0.2) is 35.4 Å². The summed E-state index contributed by atoms with van der Waals surface area (Å²) in [5, 5.41) is 6.66. The molecule has 0 unspecified atom stereocenters. The number of nitrogens with zero attached hydrogens (tertiary/aromatic N) is 2. The van der Waals surface area contributed by atoms with Gasteiger partial charge in [0, 0.05) is 35.9 Å². The van der Waals surface area contributed by atoms with E-state index in [1.54, 1.807) is 6.20 Å². The summed E-state index contributed by atoms with van der Waals surface area (Å²) in [7, 11) is 0. The Hall–Kier alpha value is -3.42. The fraction of sp³-hybridized carbons (Fsp3) is 0.417. The lowest BCUT2D eigenvalue weighted by Crippen LogP contribution is -2.39. The van der Waals surface area contributed by atoms with Crippen LogP contribution in [0.2, 0.25) is 0 Å². The van der Waals surface area contributed by atoms with Gasteiger partial charge >= 0.3 is 0 Å². The van der Waals surface area contributed by atoms with Gasteiger partial charge in [0.2, 0.25) is 11.8 Å². The van der Waals surface area contributed by atoms with Gasteiger partial charge in [0.05, 0.1) is 0 Å². The third-order valence-electron chi connectivity index (χ3n) is 6.77. The quantitative estimate of drug-likeness (QED) is 0.555. The highest BCUT2D eigenvalue weighted by Gasteiger charge is 2.32. The summed E-state index contributed by atoms with van der Waals surface area (Å²) >= 11 is 0. The van der Waals surface area contributed by atoms with E-state index in [1.807, 2.05) is 31.3 Å². The fourth-order valence-electron chi connectivity index (χ4n) is 4.71. The van der Waals surface area contributed by atoms with E-state index in [9.17, 15) is 14.4 Å². The molecule has 3 N–H and O–H groups in total. The molecule has 2 aliphatic rings. The molecule has 166 valence electrons. The van der Waals surface area contributed by atoms with Crippen molar-refractivity contribution in [3.8, 4) is 0 Å². The summed E-state index contributed by atoms with van der Waals surface area (Å²) in [5.74, 6) is 0.214. The van der Waals surface area contributed by atoms with Crippen LogP contribution in [0.1, 0.15) is 42.5 Å². The first-order valence-corrected chi connectivity index (χ1v) is 11.2. The van der Waals surface area contributed by atoms with Gasteiger partial charge in [0.1, 0.15) is 17.9 Å². The molecule has 0 spiro atoms. The lowest BCUT2D eigenvalue weighted by atomic mass is 9.76. The summed E-state index contributed by atoms with van der Waals surface area (Å²) in [6.45, 7) is 2.06. The van der Waals surface area contributed by atoms with Gasteiger partial charge in [-0.2, -0.15) is 0 Å². The smallest absolute Gasteiger partial charge is 0.275 e. The number of aromatic nitrogens is 3. The molecule has 4 heterocycles. The van der Waals surface area contributed by atoms with Crippen molar-refractivity contribution in [2.75, 3.05) is 5.32 Å². The van der Waals surface area contributed by atoms with Crippen molar-refractivity contribution in [3.63, 3.8) is 0 Å². The summed E-state index contributed by atoms with van der Waals surface area (Å²) < 4.78 is 1.42. The Kier molecular flexibility index (Phi) is 5.28. The fourth-order valence-corrected chi connectivity index (χ4v) is 4.71. The van der Waals surface area contributed by atoms with E-state index in [2.05, 4.69) is 20.6 Å². The number of fused-ring (bicyclic) bond motifs is 2. The minimum absolute atomic E-state index is 0.0725. The van der Waals surface area contributed by atoms with Crippen LogP contribution in [0.25, 0.3) is 11.0 Å². The van der Waals surface area contributed by atoms with Gasteiger partial charge in [0.15, 0.2) is 0 Å². The molecule has 0 bridgehead atoms. The van der Waals surface area contributed by atoms with Crippen LogP contribution in [0, 0.1) is 18.8 Å². The van der Waals surface area contributed by atoms with Crippen molar-refractivity contribution < 1.29 is 9.59 Å². The number of aromatic amines is 1. The molecule has 0 aromatic carbocycles. The number of amides is 2. The van der Waals surface area contributed by atoms with Crippen LogP contribution >= 0.6 is 0 Å². The highest BCUT2D eigenvalue weighted by Crippen LogP contribution is 2.35. The maximum atomic E-state index is 13.1. The first kappa shape index (κ1) is 20.5. The molecule has 1 fully saturated rings. The molecule has 8 nitrogen and oxygen atoms in total. The Morgan fingerprint density at radius 2 is 2.12 bits per heavy atom. The predicted octanol–water partition coefficient (Wildman–Crippen LogP) is 2.65. The summed E-state index contributed by atoms with van der Waals surface area (Å²) in [6, 6.07) is 5.82. The average molecular weight is 434 g/mol. The van der Waals surface area contributed by atoms with Crippen molar-refractivity contribution >= 4 is 28.5 Å². The molecular weight excluding hydrogens is 406 g/mol. The second kappa shape index (κ2) is 8.26. The van der Waals surface area contributed by atoms with E-state index < -0.39 is 0 Å². The Morgan fingerprint density at radius 1 is 1.28 bits per heavy atom. The van der Waals surface area contributed by atoms with Crippen molar-refractivity contribution in [1.82, 2.24) is 19.9 Å². The molecular formula is C24H27N5O3. The molecule has 0 radical (unpaired) electrons. The minimum atomic E-state index is -0.319. The van der Waals surface area contributed by atoms with Gasteiger partial charge in [0.25, 0.3) is 5.56 Å². The monoisotopic (exact) mass is 433 g/mol. The molecule has 2 amide bonds. The van der Waals surface area contributed by atoms with Crippen molar-refractivity contribution in [2.24, 2.45) is 11.8 Å². The van der Waals surface area contributed by atoms with Crippen LogP contribution in [0.5, 0.6) is 0 Å². The van der Waals surface area contributed by atoms with E-state index >= 15 is 0 Å². The molecule has 8 heteroatoms. The second-order valence-electron chi connectivity index (χ2n) is 9.04. The first-order valence-electron chi connectivity index (χ1n) is 11.2. The maximum absolute atomic E-state index is 13.1. The maximum Gasteiger partial charge on any atom is 0.275 e. The molecule has 32 heavy (non-hydrogen) atoms. The Balaban J connectivity index is 1.27. The zero-order valence-corrected chi connectivity index (χ0v) is 18.1. The highest BCUT2D eigenvalue weighted by atomic mass is 16.2. The van der Waals surface area contributed by atoms with Crippen LogP contribution in [-0.2, 0) is 29.1 Å². The third-order valence-corrected chi connectivity index (χ3v) is 6.77. The normalized spacial score (nSPS) is 18.2. The van der Waals surface area contributed by atoms with Crippen LogP contribution in [0.3, 0.4) is 0 Å². The molecule has 0 saturated heterocycles. The third kappa shape index (κ3) is 3.92. The van der Waals surface area contributed by atoms with Gasteiger partial charge in [-0.15, -0.1) is 0 Å². The summed E-state index contributed by atoms with van der Waals surface area (Å²) in [6.07, 6.45) is 8.65. The standard InChI is InChI=1S/C24H27N5O3/c1-14-7-18-10-19(8-15-3-2-4-15)23(31)28-21(18)24(32)29(14)13-20(30)26-11-16-9-17-5-6-25-22(17)27-12-16/h5-7,9,12,15,19H,2-4,8,10-11,13H2,1H3,(H,25,27)(H,26,30)(H,28,31)/t19-/m1/s1. The van der Waals surface area contributed by atoms with Crippen LogP contribution in [0.4, 0.5) is 5.69 Å². The molecule has 1 aliphatic heterocycles. The summed E-state index contributed by atoms with van der Waals surface area (Å²) in [4.78, 5) is 45.6. The number of nitrogens with one attached hydrogen (secondary N) is 3. The lowest BCUT2D eigenvalue weighted by molar-refractivity contribution is -0.122. The second-order valence-corrected chi connectivity index (χ2v) is 9.04. The van der Waals surface area contributed by atoms with Crippen molar-refractivity contribution in [1.29, 1.82) is 0 Å². The van der Waals surface area contributed by atoms with E-state index in [1.165, 1.54) is 23.8 Å². The van der Waals surface area contributed by atoms with Gasteiger partial charge in [-0.1, -0.05) is 19.3 Å². The molecule has 1 saturated carbocycles. The number of anilines is 1. The van der Waals surface area contributed by atoms with E-state index in [0.717, 1.165) is 34.3 Å². The van der Waals surface area contributed by atoms with Crippen molar-refractivity contribution in [2.45, 2.75) is 52.1 Å². The minimum Gasteiger partial charge on any atom is -0.350 e. The Labute approximate surface area is 185 Å². The molecule has 5 rings (SSSR count). The Morgan fingerprint density at radius 3 is 2.91 bits per heavy atom. The van der Waals surface area contributed by atoms with Gasteiger partial charge in [-0.25, -0.2) is 4.98 Å². The number of carbonyl (C=O) groups excluding carboxylic acids is 2. The average Bonchev–Trinajstić information content (AvgIpc) is 3.21. The van der Waals surface area contributed by atoms with Gasteiger partial charge in [-0.05, 0) is 55.0 Å². The van der Waals surface area contributed by atoms with E-state index in [4.69, 9.17) is 0 Å². The van der Waals surface area contributed by atoms with Crippen LogP contribution in [-0.4, -0.2) is 26.3 Å². The SMILES string of the molecule is Cc1cc2c(c(=O)n1CC(=O)NCc1cnc3[nH]ccc3c1)NC(=O)[C@H](CC1CCC1)C2. The van der Waals surface area contributed by atoms with Crippen LogP contribution < -0.4 is 16.2 Å². The number of H-pyrrole nitrogens is 1. The van der Waals surface area contributed by atoms with Gasteiger partial charge in [-0.3, -0.25) is 14.4 Å².